The first-order chi connectivity index (χ1) is 7.63. The number of nitrogens with one attached hydrogen (secondary N) is 1. The lowest BCUT2D eigenvalue weighted by molar-refractivity contribution is -0.145. The maximum atomic E-state index is 11.3. The van der Waals surface area contributed by atoms with Crippen molar-refractivity contribution < 1.29 is 9.53 Å². The van der Waals surface area contributed by atoms with E-state index in [1.54, 1.807) is 18.5 Å². The topological polar surface area (TPSA) is 56.1 Å². The molecule has 0 amide bonds. The van der Waals surface area contributed by atoms with E-state index in [-0.39, 0.29) is 12.0 Å². The lowest BCUT2D eigenvalue weighted by Gasteiger charge is -2.11. The fourth-order valence-electron chi connectivity index (χ4n) is 1.38. The molecule has 0 saturated carbocycles. The number of hydrogen-bond acceptors (Lipinski definition) is 4. The smallest absolute Gasteiger partial charge is 0.322 e. The Labute approximate surface area is 95.8 Å². The third-order valence-corrected chi connectivity index (χ3v) is 2.26. The first kappa shape index (κ1) is 12.7. The van der Waals surface area contributed by atoms with Crippen LogP contribution < -0.4 is 5.32 Å². The van der Waals surface area contributed by atoms with E-state index in [9.17, 15) is 4.79 Å². The Hall–Kier alpha value is -1.36. The zero-order valence-corrected chi connectivity index (χ0v) is 10.1. The molecule has 0 aliphatic carbocycles. The quantitative estimate of drug-likeness (QED) is 0.716. The summed E-state index contributed by atoms with van der Waals surface area (Å²) >= 11 is 0. The van der Waals surface area contributed by atoms with Gasteiger partial charge in [0.05, 0.1) is 12.8 Å². The van der Waals surface area contributed by atoms with Gasteiger partial charge in [-0.3, -0.25) is 9.48 Å². The van der Waals surface area contributed by atoms with Gasteiger partial charge in [-0.1, -0.05) is 0 Å². The number of esters is 1. The van der Waals surface area contributed by atoms with Crippen LogP contribution in [0.25, 0.3) is 0 Å². The summed E-state index contributed by atoms with van der Waals surface area (Å²) in [6.07, 6.45) is 4.66. The Bertz CT molecular complexity index is 336. The lowest BCUT2D eigenvalue weighted by atomic mass is 10.2. The second-order valence-electron chi connectivity index (χ2n) is 3.70. The minimum Gasteiger partial charge on any atom is -0.465 e. The first-order valence-electron chi connectivity index (χ1n) is 5.51. The molecule has 0 spiro atoms. The van der Waals surface area contributed by atoms with Gasteiger partial charge in [0.1, 0.15) is 6.04 Å². The van der Waals surface area contributed by atoms with Gasteiger partial charge in [0.15, 0.2) is 0 Å². The second kappa shape index (κ2) is 6.27. The number of aryl methyl sites for hydroxylation is 1. The summed E-state index contributed by atoms with van der Waals surface area (Å²) in [7, 11) is 1.89. The van der Waals surface area contributed by atoms with Crippen molar-refractivity contribution in [1.82, 2.24) is 15.1 Å². The van der Waals surface area contributed by atoms with Gasteiger partial charge in [-0.15, -0.1) is 0 Å². The van der Waals surface area contributed by atoms with E-state index in [0.717, 1.165) is 18.5 Å². The third-order valence-electron chi connectivity index (χ3n) is 2.26. The zero-order chi connectivity index (χ0) is 12.0. The number of nitrogens with zero attached hydrogens (tertiary/aromatic N) is 2. The molecule has 1 atom stereocenters. The molecule has 1 unspecified atom stereocenters. The fourth-order valence-corrected chi connectivity index (χ4v) is 1.38. The molecule has 0 aliphatic heterocycles. The summed E-state index contributed by atoms with van der Waals surface area (Å²) in [6, 6.07) is -0.253. The molecule has 1 heterocycles. The summed E-state index contributed by atoms with van der Waals surface area (Å²) in [4.78, 5) is 11.3. The van der Waals surface area contributed by atoms with Gasteiger partial charge in [0, 0.05) is 19.8 Å². The van der Waals surface area contributed by atoms with E-state index in [2.05, 4.69) is 10.4 Å². The summed E-state index contributed by atoms with van der Waals surface area (Å²) < 4.78 is 6.66. The van der Waals surface area contributed by atoms with Crippen molar-refractivity contribution in [2.75, 3.05) is 13.2 Å². The van der Waals surface area contributed by atoms with Gasteiger partial charge >= 0.3 is 5.97 Å². The van der Waals surface area contributed by atoms with Gasteiger partial charge in [0.2, 0.25) is 0 Å². The van der Waals surface area contributed by atoms with Crippen molar-refractivity contribution in [2.45, 2.75) is 26.3 Å². The minimum atomic E-state index is -0.253. The van der Waals surface area contributed by atoms with Gasteiger partial charge < -0.3 is 10.1 Å². The monoisotopic (exact) mass is 225 g/mol. The molecule has 0 bridgehead atoms. The first-order valence-corrected chi connectivity index (χ1v) is 5.51. The van der Waals surface area contributed by atoms with Crippen LogP contribution >= 0.6 is 0 Å². The average molecular weight is 225 g/mol. The van der Waals surface area contributed by atoms with Crippen LogP contribution in [0.3, 0.4) is 0 Å². The molecule has 1 N–H and O–H groups in total. The van der Waals surface area contributed by atoms with Crippen LogP contribution in [0.5, 0.6) is 0 Å². The van der Waals surface area contributed by atoms with Crippen molar-refractivity contribution in [1.29, 1.82) is 0 Å². The number of hydrogen-bond donors (Lipinski definition) is 1. The Morgan fingerprint density at radius 2 is 2.44 bits per heavy atom. The Balaban J connectivity index is 2.22. The van der Waals surface area contributed by atoms with Crippen molar-refractivity contribution in [2.24, 2.45) is 7.05 Å². The predicted molar refractivity (Wildman–Crippen MR) is 61.0 cm³/mol. The van der Waals surface area contributed by atoms with Crippen LogP contribution in [0.4, 0.5) is 0 Å². The fraction of sp³-hybridized carbons (Fsp3) is 0.636. The van der Waals surface area contributed by atoms with Crippen LogP contribution in [-0.2, 0) is 23.0 Å². The lowest BCUT2D eigenvalue weighted by Crippen LogP contribution is -2.36. The van der Waals surface area contributed by atoms with Crippen molar-refractivity contribution in [3.05, 3.63) is 18.0 Å². The number of carbonyl (C=O) groups is 1. The number of rotatable bonds is 6. The molecule has 5 nitrogen and oxygen atoms in total. The highest BCUT2D eigenvalue weighted by molar-refractivity contribution is 5.75. The van der Waals surface area contributed by atoms with Crippen molar-refractivity contribution in [3.8, 4) is 0 Å². The molecule has 0 radical (unpaired) electrons. The SMILES string of the molecule is CCOC(=O)C(C)NCCc1cnn(C)c1. The Morgan fingerprint density at radius 3 is 3.00 bits per heavy atom. The van der Waals surface area contributed by atoms with Gasteiger partial charge in [-0.25, -0.2) is 0 Å². The van der Waals surface area contributed by atoms with Gasteiger partial charge in [-0.2, -0.15) is 5.10 Å². The highest BCUT2D eigenvalue weighted by atomic mass is 16.5. The largest absolute Gasteiger partial charge is 0.465 e. The van der Waals surface area contributed by atoms with Crippen molar-refractivity contribution >= 4 is 5.97 Å². The molecule has 1 rings (SSSR count). The van der Waals surface area contributed by atoms with E-state index in [4.69, 9.17) is 4.74 Å². The van der Waals surface area contributed by atoms with Crippen molar-refractivity contribution in [3.63, 3.8) is 0 Å². The van der Waals surface area contributed by atoms with E-state index in [1.807, 2.05) is 19.4 Å². The van der Waals surface area contributed by atoms with E-state index >= 15 is 0 Å². The van der Waals surface area contributed by atoms with Crippen LogP contribution in [-0.4, -0.2) is 34.9 Å². The number of carbonyl (C=O) groups excluding carboxylic acids is 1. The molecule has 0 saturated heterocycles. The molecule has 1 aromatic rings. The summed E-state index contributed by atoms with van der Waals surface area (Å²) in [5.41, 5.74) is 1.16. The zero-order valence-electron chi connectivity index (χ0n) is 10.1. The molecule has 0 aromatic carbocycles. The highest BCUT2D eigenvalue weighted by Gasteiger charge is 2.12. The Kier molecular flexibility index (Phi) is 4.98. The minimum absolute atomic E-state index is 0.200. The van der Waals surface area contributed by atoms with E-state index in [0.29, 0.717) is 6.61 Å². The van der Waals surface area contributed by atoms with Crippen LogP contribution in [0.15, 0.2) is 12.4 Å². The molecular weight excluding hydrogens is 206 g/mol. The summed E-state index contributed by atoms with van der Waals surface area (Å²) in [6.45, 7) is 4.78. The Morgan fingerprint density at radius 1 is 1.69 bits per heavy atom. The second-order valence-corrected chi connectivity index (χ2v) is 3.70. The molecule has 90 valence electrons. The molecule has 0 aliphatic rings. The highest BCUT2D eigenvalue weighted by Crippen LogP contribution is 1.97. The predicted octanol–water partition coefficient (Wildman–Crippen LogP) is 0.504. The maximum Gasteiger partial charge on any atom is 0.322 e. The molecule has 0 fully saturated rings. The van der Waals surface area contributed by atoms with E-state index < -0.39 is 0 Å². The number of ether oxygens (including phenoxy) is 1. The summed E-state index contributed by atoms with van der Waals surface area (Å²) in [5.74, 6) is -0.200. The number of aromatic nitrogens is 2. The van der Waals surface area contributed by atoms with Crippen LogP contribution in [0.2, 0.25) is 0 Å². The van der Waals surface area contributed by atoms with Crippen LogP contribution in [0, 0.1) is 0 Å². The third kappa shape index (κ3) is 4.02. The molecule has 16 heavy (non-hydrogen) atoms. The average Bonchev–Trinajstić information content (AvgIpc) is 2.64. The van der Waals surface area contributed by atoms with Gasteiger partial charge in [0.25, 0.3) is 0 Å². The van der Waals surface area contributed by atoms with Gasteiger partial charge in [-0.05, 0) is 25.8 Å². The van der Waals surface area contributed by atoms with Crippen LogP contribution in [0.1, 0.15) is 19.4 Å². The maximum absolute atomic E-state index is 11.3. The molecular formula is C11H19N3O2. The summed E-state index contributed by atoms with van der Waals surface area (Å²) in [5, 5.41) is 7.19. The standard InChI is InChI=1S/C11H19N3O2/c1-4-16-11(15)9(2)12-6-5-10-7-13-14(3)8-10/h7-9,12H,4-6H2,1-3H3. The molecule has 5 heteroatoms. The molecule has 1 aromatic heterocycles. The van der Waals surface area contributed by atoms with E-state index in [1.165, 1.54) is 0 Å². The normalized spacial score (nSPS) is 12.4.